The first-order valence-electron chi connectivity index (χ1n) is 39.8. The molecule has 0 amide bonds. The van der Waals surface area contributed by atoms with Gasteiger partial charge in [-0.2, -0.15) is 0 Å². The Morgan fingerprint density at radius 2 is 0.479 bits per heavy atom. The van der Waals surface area contributed by atoms with E-state index in [1.807, 2.05) is 0 Å². The van der Waals surface area contributed by atoms with Crippen molar-refractivity contribution < 1.29 is 80.2 Å². The fraction of sp³-hybridized carbons (Fsp3) is 0.948. The molecule has 0 fully saturated rings. The van der Waals surface area contributed by atoms with Gasteiger partial charge in [-0.1, -0.05) is 344 Å². The smallest absolute Gasteiger partial charge is 0.462 e. The van der Waals surface area contributed by atoms with Crippen molar-refractivity contribution in [3.8, 4) is 0 Å². The molecule has 3 N–H and O–H groups in total. The van der Waals surface area contributed by atoms with Crippen LogP contribution in [0.5, 0.6) is 0 Å². The first-order valence-corrected chi connectivity index (χ1v) is 42.8. The van der Waals surface area contributed by atoms with Crippen LogP contribution >= 0.6 is 15.6 Å². The van der Waals surface area contributed by atoms with Gasteiger partial charge in [0.05, 0.1) is 26.4 Å². The SMILES string of the molecule is CCCCCCCCCCCCCCC(=O)OC[C@H](COP(=O)(O)OC[C@H](O)COP(=O)(O)OC[C@@H](COC(=O)CCCCCCCCCCCCC(C)C)OC(=O)CCCCCCCCCCCCCCCCCCC(C)C)OC(=O)CCCCCCCCCCCC(C)C. The number of phosphoric acid groups is 2. The Bertz CT molecular complexity index is 1870. The van der Waals surface area contributed by atoms with E-state index < -0.39 is 97.5 Å². The summed E-state index contributed by atoms with van der Waals surface area (Å²) in [5.74, 6) is 0.188. The molecule has 5 atom stereocenters. The predicted molar refractivity (Wildman–Crippen MR) is 391 cm³/mol. The summed E-state index contributed by atoms with van der Waals surface area (Å²) in [6.45, 7) is 11.9. The van der Waals surface area contributed by atoms with Gasteiger partial charge >= 0.3 is 39.5 Å². The van der Waals surface area contributed by atoms with Gasteiger partial charge in [0.25, 0.3) is 0 Å². The third-order valence-corrected chi connectivity index (χ3v) is 19.8. The minimum Gasteiger partial charge on any atom is -0.462 e. The van der Waals surface area contributed by atoms with E-state index in [-0.39, 0.29) is 25.7 Å². The standard InChI is InChI=1S/C77H150O17P2/c1-8-9-10-11-12-13-14-22-30-37-44-51-58-74(79)87-65-73(94-77(82)61-54-47-40-33-26-29-36-43-50-57-70(6)7)67-92-96(85,86)90-63-71(78)62-89-95(83,84)91-66-72(64-88-75(80)59-52-45-38-31-25-24-28-35-42-49-56-69(4)5)93-76(81)60-53-46-39-32-23-20-18-16-15-17-19-21-27-34-41-48-55-68(2)3/h68-73,78H,8-67H2,1-7H3,(H,83,84)(H,85,86)/t71-,72-,73-/m1/s1. The van der Waals surface area contributed by atoms with Gasteiger partial charge in [0, 0.05) is 25.7 Å². The van der Waals surface area contributed by atoms with Crippen LogP contribution in [0.25, 0.3) is 0 Å². The topological polar surface area (TPSA) is 237 Å². The molecule has 0 bridgehead atoms. The van der Waals surface area contributed by atoms with Crippen LogP contribution in [0.3, 0.4) is 0 Å². The van der Waals surface area contributed by atoms with Crippen molar-refractivity contribution in [3.63, 3.8) is 0 Å². The molecule has 19 heteroatoms. The summed E-state index contributed by atoms with van der Waals surface area (Å²) in [4.78, 5) is 72.9. The third kappa shape index (κ3) is 70.5. The van der Waals surface area contributed by atoms with Crippen molar-refractivity contribution in [3.05, 3.63) is 0 Å². The number of unbranched alkanes of at least 4 members (excludes halogenated alkanes) is 43. The lowest BCUT2D eigenvalue weighted by molar-refractivity contribution is -0.161. The Morgan fingerprint density at radius 3 is 0.708 bits per heavy atom. The number of aliphatic hydroxyl groups is 1. The van der Waals surface area contributed by atoms with Crippen molar-refractivity contribution in [1.82, 2.24) is 0 Å². The molecule has 0 saturated carbocycles. The molecule has 2 unspecified atom stereocenters. The van der Waals surface area contributed by atoms with Crippen molar-refractivity contribution in [2.75, 3.05) is 39.6 Å². The molecular formula is C77H150O17P2. The minimum absolute atomic E-state index is 0.105. The van der Waals surface area contributed by atoms with Crippen LogP contribution in [0.15, 0.2) is 0 Å². The maximum absolute atomic E-state index is 13.1. The van der Waals surface area contributed by atoms with Crippen LogP contribution < -0.4 is 0 Å². The second-order valence-corrected chi connectivity index (χ2v) is 32.1. The molecule has 0 saturated heterocycles. The highest BCUT2D eigenvalue weighted by Gasteiger charge is 2.30. The molecule has 0 aromatic heterocycles. The van der Waals surface area contributed by atoms with E-state index in [0.717, 1.165) is 108 Å². The minimum atomic E-state index is -4.96. The molecule has 570 valence electrons. The highest BCUT2D eigenvalue weighted by Crippen LogP contribution is 2.45. The molecule has 0 radical (unpaired) electrons. The van der Waals surface area contributed by atoms with Gasteiger partial charge in [0.15, 0.2) is 12.2 Å². The van der Waals surface area contributed by atoms with E-state index in [9.17, 15) is 43.2 Å². The molecule has 0 heterocycles. The molecule has 0 aliphatic carbocycles. The lowest BCUT2D eigenvalue weighted by atomic mass is 10.0. The zero-order valence-corrected chi connectivity index (χ0v) is 64.6. The highest BCUT2D eigenvalue weighted by molar-refractivity contribution is 7.47. The predicted octanol–water partition coefficient (Wildman–Crippen LogP) is 22.6. The molecule has 0 rings (SSSR count). The van der Waals surface area contributed by atoms with Crippen LogP contribution in [0.4, 0.5) is 0 Å². The summed E-state index contributed by atoms with van der Waals surface area (Å²) in [6.07, 6.45) is 54.0. The number of carbonyl (C=O) groups excluding carboxylic acids is 4. The van der Waals surface area contributed by atoms with Gasteiger partial charge in [-0.25, -0.2) is 9.13 Å². The second kappa shape index (κ2) is 67.5. The molecule has 17 nitrogen and oxygen atoms in total. The van der Waals surface area contributed by atoms with Crippen molar-refractivity contribution in [1.29, 1.82) is 0 Å². The summed E-state index contributed by atoms with van der Waals surface area (Å²) in [6, 6.07) is 0. The van der Waals surface area contributed by atoms with Crippen LogP contribution in [0.1, 0.15) is 395 Å². The van der Waals surface area contributed by atoms with E-state index in [1.54, 1.807) is 0 Å². The lowest BCUT2D eigenvalue weighted by Gasteiger charge is -2.21. The van der Waals surface area contributed by atoms with Crippen LogP contribution in [-0.4, -0.2) is 96.7 Å². The van der Waals surface area contributed by atoms with E-state index in [1.165, 1.54) is 205 Å². The summed E-state index contributed by atoms with van der Waals surface area (Å²) in [5.41, 5.74) is 0. The average Bonchev–Trinajstić information content (AvgIpc) is 1.56. The molecular weight excluding hydrogens is 1260 g/mol. The number of hydrogen-bond donors (Lipinski definition) is 3. The molecule has 0 spiro atoms. The van der Waals surface area contributed by atoms with Gasteiger partial charge in [-0.3, -0.25) is 37.3 Å². The quantitative estimate of drug-likeness (QED) is 0.0222. The normalized spacial score (nSPS) is 14.1. The first kappa shape index (κ1) is 94.1. The number of phosphoric ester groups is 2. The summed E-state index contributed by atoms with van der Waals surface area (Å²) < 4.78 is 68.6. The number of rotatable bonds is 75. The molecule has 0 aromatic rings. The third-order valence-electron chi connectivity index (χ3n) is 17.9. The van der Waals surface area contributed by atoms with E-state index >= 15 is 0 Å². The van der Waals surface area contributed by atoms with Crippen molar-refractivity contribution in [2.45, 2.75) is 414 Å². The van der Waals surface area contributed by atoms with Crippen LogP contribution in [-0.2, 0) is 65.4 Å². The first-order chi connectivity index (χ1) is 46.2. The van der Waals surface area contributed by atoms with Gasteiger partial charge in [-0.05, 0) is 43.4 Å². The van der Waals surface area contributed by atoms with Gasteiger partial charge < -0.3 is 33.8 Å². The fourth-order valence-corrected chi connectivity index (χ4v) is 13.4. The van der Waals surface area contributed by atoms with Gasteiger partial charge in [0.1, 0.15) is 19.3 Å². The summed E-state index contributed by atoms with van der Waals surface area (Å²) in [7, 11) is -9.91. The second-order valence-electron chi connectivity index (χ2n) is 29.2. The highest BCUT2D eigenvalue weighted by atomic mass is 31.2. The molecule has 0 aliphatic rings. The zero-order chi connectivity index (χ0) is 70.9. The average molecular weight is 1410 g/mol. The Kier molecular flexibility index (Phi) is 66.2. The Hall–Kier alpha value is -1.94. The van der Waals surface area contributed by atoms with Crippen molar-refractivity contribution in [2.24, 2.45) is 17.8 Å². The Labute approximate surface area is 588 Å². The molecule has 0 aromatic carbocycles. The van der Waals surface area contributed by atoms with E-state index in [2.05, 4.69) is 48.5 Å². The Morgan fingerprint density at radius 1 is 0.281 bits per heavy atom. The van der Waals surface area contributed by atoms with Crippen LogP contribution in [0.2, 0.25) is 0 Å². The van der Waals surface area contributed by atoms with E-state index in [4.69, 9.17) is 37.0 Å². The summed E-state index contributed by atoms with van der Waals surface area (Å²) in [5, 5.41) is 10.6. The largest absolute Gasteiger partial charge is 0.472 e. The monoisotopic (exact) mass is 1410 g/mol. The molecule has 0 aliphatic heterocycles. The van der Waals surface area contributed by atoms with Crippen molar-refractivity contribution >= 4 is 39.5 Å². The fourth-order valence-electron chi connectivity index (χ4n) is 11.8. The number of esters is 4. The maximum Gasteiger partial charge on any atom is 0.472 e. The zero-order valence-electron chi connectivity index (χ0n) is 62.8. The van der Waals surface area contributed by atoms with Gasteiger partial charge in [-0.15, -0.1) is 0 Å². The summed E-state index contributed by atoms with van der Waals surface area (Å²) >= 11 is 0. The number of aliphatic hydroxyl groups excluding tert-OH is 1. The van der Waals surface area contributed by atoms with Crippen LogP contribution in [0, 0.1) is 17.8 Å². The number of ether oxygens (including phenoxy) is 4. The number of hydrogen-bond acceptors (Lipinski definition) is 15. The molecule has 96 heavy (non-hydrogen) atoms. The van der Waals surface area contributed by atoms with Gasteiger partial charge in [0.2, 0.25) is 0 Å². The number of carbonyl (C=O) groups is 4. The Balaban J connectivity index is 5.24. The maximum atomic E-state index is 13.1. The van der Waals surface area contributed by atoms with E-state index in [0.29, 0.717) is 25.7 Å². The lowest BCUT2D eigenvalue weighted by Crippen LogP contribution is -2.30.